The summed E-state index contributed by atoms with van der Waals surface area (Å²) in [4.78, 5) is 25.3. The maximum Gasteiger partial charge on any atom is 0.303 e. The van der Waals surface area contributed by atoms with Gasteiger partial charge in [-0.05, 0) is 18.2 Å². The van der Waals surface area contributed by atoms with Gasteiger partial charge < -0.3 is 13.6 Å². The molecule has 8 nitrogen and oxygen atoms in total. The van der Waals surface area contributed by atoms with Gasteiger partial charge in [-0.2, -0.15) is 4.98 Å². The normalized spacial score (nSPS) is 10.8. The second kappa shape index (κ2) is 5.32. The van der Waals surface area contributed by atoms with Crippen molar-refractivity contribution in [2.24, 2.45) is 0 Å². The SMILES string of the molecule is CC(=O)OCc1ccc(-c2nc3c([N+](=O)[O-])cccc3o2)o1. The second-order valence-electron chi connectivity index (χ2n) is 4.45. The molecule has 0 saturated carbocycles. The highest BCUT2D eigenvalue weighted by atomic mass is 16.6. The van der Waals surface area contributed by atoms with Gasteiger partial charge in [-0.25, -0.2) is 0 Å². The maximum absolute atomic E-state index is 11.0. The molecule has 1 aromatic carbocycles. The van der Waals surface area contributed by atoms with Crippen LogP contribution in [0.3, 0.4) is 0 Å². The number of ether oxygens (including phenoxy) is 1. The zero-order chi connectivity index (χ0) is 15.7. The molecule has 3 aromatic rings. The number of nitro benzene ring substituents is 1. The lowest BCUT2D eigenvalue weighted by Gasteiger charge is -1.96. The standard InChI is InChI=1S/C14H10N2O6/c1-8(17)20-7-9-5-6-12(21-9)14-15-13-10(16(18)19)3-2-4-11(13)22-14/h2-6H,7H2,1H3. The lowest BCUT2D eigenvalue weighted by atomic mass is 10.3. The van der Waals surface area contributed by atoms with Crippen LogP contribution >= 0.6 is 0 Å². The van der Waals surface area contributed by atoms with Crippen molar-refractivity contribution >= 4 is 22.8 Å². The fourth-order valence-electron chi connectivity index (χ4n) is 1.93. The van der Waals surface area contributed by atoms with Gasteiger partial charge in [0.2, 0.25) is 0 Å². The van der Waals surface area contributed by atoms with Crippen molar-refractivity contribution in [1.82, 2.24) is 4.98 Å². The van der Waals surface area contributed by atoms with Crippen molar-refractivity contribution in [3.8, 4) is 11.7 Å². The smallest absolute Gasteiger partial charge is 0.303 e. The minimum absolute atomic E-state index is 0.00426. The van der Waals surface area contributed by atoms with Gasteiger partial charge in [0, 0.05) is 13.0 Å². The predicted molar refractivity (Wildman–Crippen MR) is 73.8 cm³/mol. The number of fused-ring (bicyclic) bond motifs is 1. The molecule has 0 unspecified atom stereocenters. The summed E-state index contributed by atoms with van der Waals surface area (Å²) in [7, 11) is 0. The molecule has 0 N–H and O–H groups in total. The number of rotatable bonds is 4. The number of nitro groups is 1. The molecule has 2 heterocycles. The topological polar surface area (TPSA) is 109 Å². The first kappa shape index (κ1) is 13.8. The summed E-state index contributed by atoms with van der Waals surface area (Å²) < 4.78 is 15.7. The van der Waals surface area contributed by atoms with E-state index in [4.69, 9.17) is 13.6 Å². The van der Waals surface area contributed by atoms with Crippen LogP contribution in [-0.2, 0) is 16.1 Å². The summed E-state index contributed by atoms with van der Waals surface area (Å²) in [6, 6.07) is 7.66. The average Bonchev–Trinajstić information content (AvgIpc) is 3.10. The van der Waals surface area contributed by atoms with E-state index in [2.05, 4.69) is 4.98 Å². The quantitative estimate of drug-likeness (QED) is 0.414. The van der Waals surface area contributed by atoms with E-state index in [-0.39, 0.29) is 23.7 Å². The van der Waals surface area contributed by atoms with Crippen molar-refractivity contribution in [1.29, 1.82) is 0 Å². The molecule has 0 aliphatic heterocycles. The van der Waals surface area contributed by atoms with Crippen molar-refractivity contribution in [2.75, 3.05) is 0 Å². The lowest BCUT2D eigenvalue weighted by molar-refractivity contribution is -0.383. The van der Waals surface area contributed by atoms with Gasteiger partial charge in [-0.15, -0.1) is 0 Å². The van der Waals surface area contributed by atoms with E-state index in [9.17, 15) is 14.9 Å². The number of esters is 1. The van der Waals surface area contributed by atoms with E-state index in [1.807, 2.05) is 0 Å². The van der Waals surface area contributed by atoms with Gasteiger partial charge in [0.05, 0.1) is 4.92 Å². The third-order valence-electron chi connectivity index (χ3n) is 2.88. The second-order valence-corrected chi connectivity index (χ2v) is 4.45. The van der Waals surface area contributed by atoms with Gasteiger partial charge in [0.25, 0.3) is 11.6 Å². The monoisotopic (exact) mass is 302 g/mol. The van der Waals surface area contributed by atoms with Crippen LogP contribution in [0.5, 0.6) is 0 Å². The largest absolute Gasteiger partial charge is 0.458 e. The minimum atomic E-state index is -0.525. The molecule has 0 aliphatic carbocycles. The average molecular weight is 302 g/mol. The Balaban J connectivity index is 1.95. The molecular formula is C14H10N2O6. The highest BCUT2D eigenvalue weighted by Gasteiger charge is 2.19. The molecule has 2 aromatic heterocycles. The molecule has 0 amide bonds. The van der Waals surface area contributed by atoms with Crippen molar-refractivity contribution in [3.63, 3.8) is 0 Å². The van der Waals surface area contributed by atoms with Crippen molar-refractivity contribution < 1.29 is 23.3 Å². The molecular weight excluding hydrogens is 292 g/mol. The fourth-order valence-corrected chi connectivity index (χ4v) is 1.93. The molecule has 0 saturated heterocycles. The first-order valence-corrected chi connectivity index (χ1v) is 6.31. The summed E-state index contributed by atoms with van der Waals surface area (Å²) >= 11 is 0. The number of non-ortho nitro benzene ring substituents is 1. The van der Waals surface area contributed by atoms with Crippen LogP contribution in [0.1, 0.15) is 12.7 Å². The molecule has 0 fully saturated rings. The Hall–Kier alpha value is -3.16. The van der Waals surface area contributed by atoms with E-state index in [0.717, 1.165) is 0 Å². The van der Waals surface area contributed by atoms with Crippen molar-refractivity contribution in [2.45, 2.75) is 13.5 Å². The molecule has 0 radical (unpaired) electrons. The highest BCUT2D eigenvalue weighted by Crippen LogP contribution is 2.30. The number of aromatic nitrogens is 1. The first-order valence-electron chi connectivity index (χ1n) is 6.31. The highest BCUT2D eigenvalue weighted by molar-refractivity contribution is 5.84. The van der Waals surface area contributed by atoms with Crippen LogP contribution in [-0.4, -0.2) is 15.9 Å². The Bertz CT molecular complexity index is 863. The van der Waals surface area contributed by atoms with Crippen LogP contribution in [0.2, 0.25) is 0 Å². The molecule has 0 spiro atoms. The van der Waals surface area contributed by atoms with E-state index >= 15 is 0 Å². The number of hydrogen-bond acceptors (Lipinski definition) is 7. The van der Waals surface area contributed by atoms with Gasteiger partial charge in [-0.3, -0.25) is 14.9 Å². The third-order valence-corrected chi connectivity index (χ3v) is 2.88. The minimum Gasteiger partial charge on any atom is -0.458 e. The van der Waals surface area contributed by atoms with Crippen LogP contribution in [0.4, 0.5) is 5.69 Å². The molecule has 8 heteroatoms. The van der Waals surface area contributed by atoms with Gasteiger partial charge in [0.1, 0.15) is 12.4 Å². The number of hydrogen-bond donors (Lipinski definition) is 0. The van der Waals surface area contributed by atoms with E-state index in [0.29, 0.717) is 17.1 Å². The number of nitrogens with zero attached hydrogens (tertiary/aromatic N) is 2. The number of carbonyl (C=O) groups is 1. The van der Waals surface area contributed by atoms with Crippen LogP contribution in [0, 0.1) is 10.1 Å². The molecule has 0 bridgehead atoms. The Morgan fingerprint density at radius 3 is 2.86 bits per heavy atom. The zero-order valence-corrected chi connectivity index (χ0v) is 11.4. The maximum atomic E-state index is 11.0. The van der Waals surface area contributed by atoms with E-state index in [1.54, 1.807) is 18.2 Å². The van der Waals surface area contributed by atoms with E-state index in [1.165, 1.54) is 19.1 Å². The number of para-hydroxylation sites is 1. The molecule has 22 heavy (non-hydrogen) atoms. The summed E-state index contributed by atoms with van der Waals surface area (Å²) in [6.45, 7) is 1.29. The molecule has 0 aliphatic rings. The Morgan fingerprint density at radius 2 is 2.14 bits per heavy atom. The third kappa shape index (κ3) is 2.53. The first-order chi connectivity index (χ1) is 10.5. The summed E-state index contributed by atoms with van der Waals surface area (Å²) in [5, 5.41) is 11.0. The van der Waals surface area contributed by atoms with Gasteiger partial charge in [-0.1, -0.05) is 6.07 Å². The summed E-state index contributed by atoms with van der Waals surface area (Å²) in [6.07, 6.45) is 0. The lowest BCUT2D eigenvalue weighted by Crippen LogP contribution is -1.97. The summed E-state index contributed by atoms with van der Waals surface area (Å²) in [5.74, 6) is 0.420. The number of furan rings is 1. The molecule has 112 valence electrons. The number of benzene rings is 1. The predicted octanol–water partition coefficient (Wildman–Crippen LogP) is 3.06. The van der Waals surface area contributed by atoms with Crippen LogP contribution < -0.4 is 0 Å². The van der Waals surface area contributed by atoms with Crippen molar-refractivity contribution in [3.05, 3.63) is 46.2 Å². The molecule has 3 rings (SSSR count). The zero-order valence-electron chi connectivity index (χ0n) is 11.4. The van der Waals surface area contributed by atoms with Gasteiger partial charge in [0.15, 0.2) is 16.9 Å². The van der Waals surface area contributed by atoms with Crippen LogP contribution in [0.15, 0.2) is 39.2 Å². The summed E-state index contributed by atoms with van der Waals surface area (Å²) in [5.41, 5.74) is 0.307. The van der Waals surface area contributed by atoms with E-state index < -0.39 is 10.9 Å². The Kier molecular flexibility index (Phi) is 3.34. The Labute approximate surface area is 123 Å². The number of carbonyl (C=O) groups excluding carboxylic acids is 1. The number of oxazole rings is 1. The van der Waals surface area contributed by atoms with Crippen LogP contribution in [0.25, 0.3) is 22.8 Å². The van der Waals surface area contributed by atoms with Gasteiger partial charge >= 0.3 is 5.97 Å². The fraction of sp³-hybridized carbons (Fsp3) is 0.143. The Morgan fingerprint density at radius 1 is 1.32 bits per heavy atom. The molecule has 0 atom stereocenters.